The first-order valence-electron chi connectivity index (χ1n) is 21.7. The summed E-state index contributed by atoms with van der Waals surface area (Å²) in [5.74, 6) is 0. The second-order valence-electron chi connectivity index (χ2n) is 16.1. The number of hydrogen-bond donors (Lipinski definition) is 0. The maximum Gasteiger partial charge on any atom is 0.0546 e. The first kappa shape index (κ1) is 37.7. The van der Waals surface area contributed by atoms with Gasteiger partial charge in [-0.05, 0) is 113 Å². The van der Waals surface area contributed by atoms with Crippen LogP contribution in [-0.2, 0) is 0 Å². The van der Waals surface area contributed by atoms with Crippen LogP contribution in [-0.4, -0.2) is 0 Å². The minimum atomic E-state index is 1.08. The van der Waals surface area contributed by atoms with Crippen molar-refractivity contribution in [3.8, 4) is 66.8 Å². The molecule has 0 heterocycles. The van der Waals surface area contributed by atoms with E-state index < -0.39 is 0 Å². The van der Waals surface area contributed by atoms with Crippen LogP contribution in [0, 0.1) is 0 Å². The number of fused-ring (bicyclic) bond motifs is 2. The molecule has 0 unspecified atom stereocenters. The van der Waals surface area contributed by atoms with Crippen LogP contribution < -0.4 is 4.90 Å². The molecular formula is C62H43N. The molecule has 0 bridgehead atoms. The minimum Gasteiger partial charge on any atom is -0.310 e. The molecule has 63 heavy (non-hydrogen) atoms. The molecule has 0 saturated carbocycles. The predicted molar refractivity (Wildman–Crippen MR) is 269 cm³/mol. The van der Waals surface area contributed by atoms with Crippen molar-refractivity contribution in [1.29, 1.82) is 0 Å². The number of benzene rings is 11. The van der Waals surface area contributed by atoms with Crippen LogP contribution in [0.5, 0.6) is 0 Å². The Kier molecular flexibility index (Phi) is 9.97. The molecule has 296 valence electrons. The van der Waals surface area contributed by atoms with Crippen molar-refractivity contribution in [2.45, 2.75) is 0 Å². The highest BCUT2D eigenvalue weighted by molar-refractivity contribution is 6.00. The fraction of sp³-hybridized carbons (Fsp3) is 0. The van der Waals surface area contributed by atoms with E-state index in [1.807, 2.05) is 0 Å². The molecule has 11 rings (SSSR count). The summed E-state index contributed by atoms with van der Waals surface area (Å²) in [4.78, 5) is 2.42. The Hall–Kier alpha value is -8.26. The van der Waals surface area contributed by atoms with Crippen molar-refractivity contribution < 1.29 is 0 Å². The zero-order valence-electron chi connectivity index (χ0n) is 34.8. The molecular weight excluding hydrogens is 759 g/mol. The van der Waals surface area contributed by atoms with Gasteiger partial charge in [0.15, 0.2) is 0 Å². The maximum atomic E-state index is 2.42. The van der Waals surface area contributed by atoms with Crippen molar-refractivity contribution in [2.24, 2.45) is 0 Å². The molecule has 0 atom stereocenters. The quantitative estimate of drug-likeness (QED) is 0.141. The molecule has 1 nitrogen and oxygen atoms in total. The molecule has 0 aliphatic rings. The third-order valence-electron chi connectivity index (χ3n) is 12.3. The second kappa shape index (κ2) is 16.7. The van der Waals surface area contributed by atoms with E-state index in [-0.39, 0.29) is 0 Å². The Labute approximate surface area is 369 Å². The van der Waals surface area contributed by atoms with Gasteiger partial charge in [0.25, 0.3) is 0 Å². The van der Waals surface area contributed by atoms with E-state index in [0.717, 1.165) is 22.6 Å². The van der Waals surface area contributed by atoms with Gasteiger partial charge >= 0.3 is 0 Å². The van der Waals surface area contributed by atoms with Crippen molar-refractivity contribution in [3.63, 3.8) is 0 Å². The highest BCUT2D eigenvalue weighted by Gasteiger charge is 2.20. The summed E-state index contributed by atoms with van der Waals surface area (Å²) < 4.78 is 0. The van der Waals surface area contributed by atoms with Crippen LogP contribution in [0.4, 0.5) is 17.1 Å². The summed E-state index contributed by atoms with van der Waals surface area (Å²) >= 11 is 0. The standard InChI is InChI=1S/C62H43N/c1-3-13-44(14-4-1)45-25-27-46(28-26-45)48-33-38-55(39-34-48)63(56-40-35-49(36-41-56)47-29-31-53(32-30-47)59-23-11-19-50-17-7-9-21-57(50)59)62-43-54(37-42-61(62)52-15-5-2-6-16-52)60-24-12-20-51-18-8-10-22-58(51)60/h1-43H. The van der Waals surface area contributed by atoms with Gasteiger partial charge < -0.3 is 4.90 Å². The average molecular weight is 802 g/mol. The van der Waals surface area contributed by atoms with Crippen molar-refractivity contribution in [1.82, 2.24) is 0 Å². The molecule has 0 aliphatic heterocycles. The highest BCUT2D eigenvalue weighted by Crippen LogP contribution is 2.45. The van der Waals surface area contributed by atoms with Crippen LogP contribution in [0.15, 0.2) is 261 Å². The highest BCUT2D eigenvalue weighted by atomic mass is 15.1. The number of rotatable bonds is 9. The average Bonchev–Trinajstić information content (AvgIpc) is 3.37. The molecule has 0 spiro atoms. The van der Waals surface area contributed by atoms with E-state index in [9.17, 15) is 0 Å². The van der Waals surface area contributed by atoms with Gasteiger partial charge in [-0.1, -0.05) is 231 Å². The third-order valence-corrected chi connectivity index (χ3v) is 12.3. The molecule has 0 N–H and O–H groups in total. The van der Waals surface area contributed by atoms with Crippen LogP contribution in [0.1, 0.15) is 0 Å². The van der Waals surface area contributed by atoms with Gasteiger partial charge in [0.05, 0.1) is 5.69 Å². The van der Waals surface area contributed by atoms with Gasteiger partial charge in [0.1, 0.15) is 0 Å². The van der Waals surface area contributed by atoms with E-state index in [1.54, 1.807) is 0 Å². The lowest BCUT2D eigenvalue weighted by Crippen LogP contribution is -2.11. The van der Waals surface area contributed by atoms with Gasteiger partial charge in [0, 0.05) is 16.9 Å². The van der Waals surface area contributed by atoms with Gasteiger partial charge in [-0.25, -0.2) is 0 Å². The smallest absolute Gasteiger partial charge is 0.0546 e. The Balaban J connectivity index is 1.01. The van der Waals surface area contributed by atoms with Crippen molar-refractivity contribution in [2.75, 3.05) is 4.90 Å². The van der Waals surface area contributed by atoms with Crippen molar-refractivity contribution in [3.05, 3.63) is 261 Å². The van der Waals surface area contributed by atoms with Crippen LogP contribution in [0.25, 0.3) is 88.3 Å². The Morgan fingerprint density at radius 1 is 0.206 bits per heavy atom. The summed E-state index contributed by atoms with van der Waals surface area (Å²) in [7, 11) is 0. The Bertz CT molecular complexity index is 3320. The normalized spacial score (nSPS) is 11.2. The van der Waals surface area contributed by atoms with Crippen LogP contribution >= 0.6 is 0 Å². The number of anilines is 3. The van der Waals surface area contributed by atoms with E-state index in [0.29, 0.717) is 0 Å². The second-order valence-corrected chi connectivity index (χ2v) is 16.1. The largest absolute Gasteiger partial charge is 0.310 e. The molecule has 0 amide bonds. The lowest BCUT2D eigenvalue weighted by atomic mass is 9.94. The number of nitrogens with zero attached hydrogens (tertiary/aromatic N) is 1. The van der Waals surface area contributed by atoms with Gasteiger partial charge in [-0.3, -0.25) is 0 Å². The first-order valence-corrected chi connectivity index (χ1v) is 21.7. The van der Waals surface area contributed by atoms with E-state index >= 15 is 0 Å². The monoisotopic (exact) mass is 801 g/mol. The SMILES string of the molecule is c1ccc(-c2ccc(-c3ccc(N(c4ccc(-c5ccc(-c6cccc7ccccc67)cc5)cc4)c4cc(-c5cccc6ccccc56)ccc4-c4ccccc4)cc3)cc2)cc1. The molecule has 0 saturated heterocycles. The molecule has 11 aromatic rings. The first-order chi connectivity index (χ1) is 31.2. The zero-order valence-corrected chi connectivity index (χ0v) is 34.8. The summed E-state index contributed by atoms with van der Waals surface area (Å²) in [6.07, 6.45) is 0. The summed E-state index contributed by atoms with van der Waals surface area (Å²) in [5, 5.41) is 4.99. The van der Waals surface area contributed by atoms with Crippen LogP contribution in [0.2, 0.25) is 0 Å². The van der Waals surface area contributed by atoms with E-state index in [1.165, 1.54) is 82.7 Å². The molecule has 0 aromatic heterocycles. The Morgan fingerprint density at radius 3 is 1.03 bits per heavy atom. The summed E-state index contributed by atoms with van der Waals surface area (Å²) in [5.41, 5.74) is 17.6. The molecule has 0 radical (unpaired) electrons. The topological polar surface area (TPSA) is 3.24 Å². The van der Waals surface area contributed by atoms with E-state index in [2.05, 4.69) is 266 Å². The lowest BCUT2D eigenvalue weighted by molar-refractivity contribution is 1.28. The molecule has 0 aliphatic carbocycles. The van der Waals surface area contributed by atoms with Gasteiger partial charge in [0.2, 0.25) is 0 Å². The lowest BCUT2D eigenvalue weighted by Gasteiger charge is -2.29. The van der Waals surface area contributed by atoms with Gasteiger partial charge in [-0.2, -0.15) is 0 Å². The Morgan fingerprint density at radius 2 is 0.540 bits per heavy atom. The third kappa shape index (κ3) is 7.47. The van der Waals surface area contributed by atoms with Crippen molar-refractivity contribution >= 4 is 38.6 Å². The molecule has 0 fully saturated rings. The fourth-order valence-corrected chi connectivity index (χ4v) is 9.06. The maximum absolute atomic E-state index is 2.42. The zero-order chi connectivity index (χ0) is 42.0. The van der Waals surface area contributed by atoms with E-state index in [4.69, 9.17) is 0 Å². The molecule has 11 aromatic carbocycles. The number of hydrogen-bond acceptors (Lipinski definition) is 1. The fourth-order valence-electron chi connectivity index (χ4n) is 9.06. The van der Waals surface area contributed by atoms with Gasteiger partial charge in [-0.15, -0.1) is 0 Å². The summed E-state index contributed by atoms with van der Waals surface area (Å²) in [6.45, 7) is 0. The minimum absolute atomic E-state index is 1.08. The predicted octanol–water partition coefficient (Wildman–Crippen LogP) is 17.5. The summed E-state index contributed by atoms with van der Waals surface area (Å²) in [6, 6.07) is 94.6. The molecule has 1 heteroatoms. The van der Waals surface area contributed by atoms with Crippen LogP contribution in [0.3, 0.4) is 0 Å².